The van der Waals surface area contributed by atoms with Crippen LogP contribution in [-0.2, 0) is 6.42 Å². The van der Waals surface area contributed by atoms with Crippen molar-refractivity contribution in [2.45, 2.75) is 57.2 Å². The Balaban J connectivity index is 0.000000220. The fourth-order valence-corrected chi connectivity index (χ4v) is 4.24. The molecule has 0 spiro atoms. The highest BCUT2D eigenvalue weighted by molar-refractivity contribution is 8.00. The lowest BCUT2D eigenvalue weighted by atomic mass is 9.99. The summed E-state index contributed by atoms with van der Waals surface area (Å²) in [6, 6.07) is 20.7. The second-order valence-electron chi connectivity index (χ2n) is 6.48. The Kier molecular flexibility index (Phi) is 13.8. The van der Waals surface area contributed by atoms with E-state index in [0.717, 1.165) is 22.9 Å². The van der Waals surface area contributed by atoms with Gasteiger partial charge >= 0.3 is 0 Å². The van der Waals surface area contributed by atoms with Crippen LogP contribution in [0.1, 0.15) is 62.6 Å². The quantitative estimate of drug-likeness (QED) is 0.357. The largest absolute Gasteiger partial charge is 0.174 e. The third-order valence-corrected chi connectivity index (χ3v) is 6.19. The Morgan fingerprint density at radius 2 is 1.59 bits per heavy atom. The zero-order chi connectivity index (χ0) is 21.3. The van der Waals surface area contributed by atoms with E-state index in [1.165, 1.54) is 22.6 Å². The predicted molar refractivity (Wildman–Crippen MR) is 132 cm³/mol. The number of aromatic nitrogens is 2. The molecule has 0 aliphatic heterocycles. The summed E-state index contributed by atoms with van der Waals surface area (Å²) in [6.07, 6.45) is 5.29. The van der Waals surface area contributed by atoms with E-state index in [0.29, 0.717) is 5.92 Å². The number of benzene rings is 2. The molecule has 0 saturated carbocycles. The lowest BCUT2D eigenvalue weighted by Crippen LogP contribution is -1.88. The van der Waals surface area contributed by atoms with Crippen molar-refractivity contribution in [3.8, 4) is 0 Å². The Morgan fingerprint density at radius 3 is 2.07 bits per heavy atom. The van der Waals surface area contributed by atoms with Crippen LogP contribution in [0.3, 0.4) is 0 Å². The molecular weight excluding hydrogens is 392 g/mol. The molecule has 29 heavy (non-hydrogen) atoms. The van der Waals surface area contributed by atoms with Gasteiger partial charge in [0.25, 0.3) is 0 Å². The molecule has 1 heterocycles. The van der Waals surface area contributed by atoms with Crippen molar-refractivity contribution in [2.75, 3.05) is 5.75 Å². The minimum atomic E-state index is 0.709. The van der Waals surface area contributed by atoms with Crippen LogP contribution in [0, 0.1) is 0 Å². The van der Waals surface area contributed by atoms with Crippen LogP contribution in [-0.4, -0.2) is 16.0 Å². The minimum Gasteiger partial charge on any atom is -0.143 e. The molecule has 0 fully saturated rings. The molecule has 0 N–H and O–H groups in total. The monoisotopic (exact) mass is 426 g/mol. The SMILES string of the molecule is C=Cc1ccccc1.CCC(C)c1ccccc1.CCCc1nnc(SCC)s1. The standard InChI is InChI=1S/C10H14.C8H8.C7H12N2S2/c1-3-9(2)10-7-5-4-6-8-10;1-2-8-6-4-3-5-7-8;1-3-5-6-8-9-7(11-6)10-4-2/h4-9H,3H2,1-2H3;2-7H,1H2;3-5H2,1-2H3. The van der Waals surface area contributed by atoms with Gasteiger partial charge in [0.15, 0.2) is 4.34 Å². The highest BCUT2D eigenvalue weighted by atomic mass is 32.2. The van der Waals surface area contributed by atoms with Crippen LogP contribution < -0.4 is 0 Å². The third kappa shape index (κ3) is 11.0. The summed E-state index contributed by atoms with van der Waals surface area (Å²) in [5, 5.41) is 9.30. The first kappa shape index (κ1) is 25.1. The van der Waals surface area contributed by atoms with Gasteiger partial charge in [0.05, 0.1) is 0 Å². The van der Waals surface area contributed by atoms with Crippen LogP contribution >= 0.6 is 23.1 Å². The highest BCUT2D eigenvalue weighted by Gasteiger charge is 2.01. The van der Waals surface area contributed by atoms with Crippen LogP contribution in [0.25, 0.3) is 6.08 Å². The summed E-state index contributed by atoms with van der Waals surface area (Å²) in [4.78, 5) is 0. The second-order valence-corrected chi connectivity index (χ2v) is 9.05. The molecular formula is C25H34N2S2. The molecule has 4 heteroatoms. The number of rotatable bonds is 7. The number of nitrogens with zero attached hydrogens (tertiary/aromatic N) is 2. The first-order chi connectivity index (χ1) is 14.1. The molecule has 0 bridgehead atoms. The number of hydrogen-bond donors (Lipinski definition) is 0. The van der Waals surface area contributed by atoms with E-state index in [-0.39, 0.29) is 0 Å². The molecule has 156 valence electrons. The van der Waals surface area contributed by atoms with Crippen molar-refractivity contribution in [2.24, 2.45) is 0 Å². The normalized spacial score (nSPS) is 10.8. The molecule has 0 saturated heterocycles. The average Bonchev–Trinajstić information content (AvgIpc) is 3.23. The summed E-state index contributed by atoms with van der Waals surface area (Å²) in [6.45, 7) is 12.4. The van der Waals surface area contributed by atoms with Gasteiger partial charge in [0, 0.05) is 6.42 Å². The molecule has 1 atom stereocenters. The van der Waals surface area contributed by atoms with Gasteiger partial charge in [0.2, 0.25) is 0 Å². The average molecular weight is 427 g/mol. The molecule has 0 radical (unpaired) electrons. The van der Waals surface area contributed by atoms with Crippen LogP contribution in [0.5, 0.6) is 0 Å². The van der Waals surface area contributed by atoms with Gasteiger partial charge < -0.3 is 0 Å². The fourth-order valence-electron chi connectivity index (χ4n) is 2.34. The molecule has 2 nitrogen and oxygen atoms in total. The van der Waals surface area contributed by atoms with Crippen molar-refractivity contribution in [1.29, 1.82) is 0 Å². The van der Waals surface area contributed by atoms with Crippen molar-refractivity contribution < 1.29 is 0 Å². The summed E-state index contributed by atoms with van der Waals surface area (Å²) in [7, 11) is 0. The van der Waals surface area contributed by atoms with Gasteiger partial charge in [-0.25, -0.2) is 0 Å². The van der Waals surface area contributed by atoms with E-state index in [9.17, 15) is 0 Å². The van der Waals surface area contributed by atoms with Gasteiger partial charge in [-0.05, 0) is 35.6 Å². The third-order valence-electron chi connectivity index (χ3n) is 4.20. The van der Waals surface area contributed by atoms with E-state index in [4.69, 9.17) is 0 Å². The Labute approximate surface area is 185 Å². The van der Waals surface area contributed by atoms with E-state index in [2.05, 4.69) is 74.8 Å². The molecule has 0 aliphatic rings. The maximum Gasteiger partial charge on any atom is 0.174 e. The smallest absolute Gasteiger partial charge is 0.143 e. The number of hydrogen-bond acceptors (Lipinski definition) is 4. The van der Waals surface area contributed by atoms with Crippen molar-refractivity contribution in [3.63, 3.8) is 0 Å². The zero-order valence-corrected chi connectivity index (χ0v) is 19.8. The lowest BCUT2D eigenvalue weighted by Gasteiger charge is -2.06. The minimum absolute atomic E-state index is 0.709. The summed E-state index contributed by atoms with van der Waals surface area (Å²) in [5.74, 6) is 1.79. The summed E-state index contributed by atoms with van der Waals surface area (Å²) >= 11 is 3.49. The highest BCUT2D eigenvalue weighted by Crippen LogP contribution is 2.22. The lowest BCUT2D eigenvalue weighted by molar-refractivity contribution is 0.733. The topological polar surface area (TPSA) is 25.8 Å². The Hall–Kier alpha value is -1.91. The van der Waals surface area contributed by atoms with Crippen molar-refractivity contribution in [3.05, 3.63) is 83.4 Å². The molecule has 3 rings (SSSR count). The second kappa shape index (κ2) is 15.9. The van der Waals surface area contributed by atoms with Gasteiger partial charge in [-0.2, -0.15) is 0 Å². The van der Waals surface area contributed by atoms with Gasteiger partial charge in [-0.15, -0.1) is 10.2 Å². The maximum absolute atomic E-state index is 4.07. The van der Waals surface area contributed by atoms with Crippen molar-refractivity contribution in [1.82, 2.24) is 10.2 Å². The number of aryl methyl sites for hydroxylation is 1. The molecule has 2 aromatic carbocycles. The number of thioether (sulfide) groups is 1. The first-order valence-corrected chi connectivity index (χ1v) is 12.1. The Morgan fingerprint density at radius 1 is 0.966 bits per heavy atom. The van der Waals surface area contributed by atoms with Crippen LogP contribution in [0.15, 0.2) is 71.6 Å². The van der Waals surface area contributed by atoms with E-state index in [1.54, 1.807) is 23.1 Å². The van der Waals surface area contributed by atoms with E-state index < -0.39 is 0 Å². The molecule has 1 unspecified atom stereocenters. The van der Waals surface area contributed by atoms with Crippen LogP contribution in [0.2, 0.25) is 0 Å². The Bertz CT molecular complexity index is 749. The molecule has 0 aliphatic carbocycles. The summed E-state index contributed by atoms with van der Waals surface area (Å²) in [5.41, 5.74) is 2.62. The van der Waals surface area contributed by atoms with E-state index >= 15 is 0 Å². The van der Waals surface area contributed by atoms with Crippen LogP contribution in [0.4, 0.5) is 0 Å². The van der Waals surface area contributed by atoms with E-state index in [1.807, 2.05) is 36.4 Å². The van der Waals surface area contributed by atoms with Gasteiger partial charge in [0.1, 0.15) is 5.01 Å². The first-order valence-electron chi connectivity index (χ1n) is 10.3. The predicted octanol–water partition coefficient (Wildman–Crippen LogP) is 8.13. The fraction of sp³-hybridized carbons (Fsp3) is 0.360. The molecule has 1 aromatic heterocycles. The van der Waals surface area contributed by atoms with Gasteiger partial charge in [-0.3, -0.25) is 0 Å². The summed E-state index contributed by atoms with van der Waals surface area (Å²) < 4.78 is 1.11. The van der Waals surface area contributed by atoms with Crippen molar-refractivity contribution >= 4 is 29.2 Å². The molecule has 0 amide bonds. The van der Waals surface area contributed by atoms with Gasteiger partial charge in [-0.1, -0.05) is 124 Å². The maximum atomic E-state index is 4.07. The molecule has 3 aromatic rings. The zero-order valence-electron chi connectivity index (χ0n) is 18.2.